The van der Waals surface area contributed by atoms with E-state index in [2.05, 4.69) is 9.88 Å². The largest absolute Gasteiger partial charge is 0.465 e. The van der Waals surface area contributed by atoms with Gasteiger partial charge in [-0.15, -0.1) is 0 Å². The van der Waals surface area contributed by atoms with Crippen molar-refractivity contribution >= 4 is 11.8 Å². The van der Waals surface area contributed by atoms with Crippen LogP contribution in [-0.4, -0.2) is 47.9 Å². The minimum absolute atomic E-state index is 0.0488. The van der Waals surface area contributed by atoms with Crippen molar-refractivity contribution in [2.75, 3.05) is 20.2 Å². The number of nitrogens with zero attached hydrogens (tertiary/aromatic N) is 1. The van der Waals surface area contributed by atoms with Crippen LogP contribution in [0.1, 0.15) is 58.3 Å². The molecule has 1 atom stereocenters. The van der Waals surface area contributed by atoms with Gasteiger partial charge in [0.15, 0.2) is 5.78 Å². The maximum Gasteiger partial charge on any atom is 0.339 e. The van der Waals surface area contributed by atoms with Crippen LogP contribution in [-0.2, 0) is 4.74 Å². The van der Waals surface area contributed by atoms with E-state index in [1.807, 2.05) is 6.92 Å². The summed E-state index contributed by atoms with van der Waals surface area (Å²) >= 11 is 0. The number of nitrogens with one attached hydrogen (secondary N) is 1. The number of carbonyl (C=O) groups is 2. The van der Waals surface area contributed by atoms with Crippen molar-refractivity contribution < 1.29 is 14.3 Å². The highest BCUT2D eigenvalue weighted by molar-refractivity contribution is 6.03. The Labute approximate surface area is 125 Å². The zero-order valence-corrected chi connectivity index (χ0v) is 13.3. The number of esters is 1. The van der Waals surface area contributed by atoms with Crippen molar-refractivity contribution in [3.8, 4) is 0 Å². The number of ketones is 1. The third-order valence-corrected chi connectivity index (χ3v) is 4.39. The highest BCUT2D eigenvalue weighted by Gasteiger charge is 2.28. The van der Waals surface area contributed by atoms with Crippen LogP contribution in [0.4, 0.5) is 0 Å². The van der Waals surface area contributed by atoms with E-state index in [0.29, 0.717) is 22.5 Å². The number of hydrogen-bond acceptors (Lipinski definition) is 4. The molecule has 0 aromatic carbocycles. The summed E-state index contributed by atoms with van der Waals surface area (Å²) in [5.41, 5.74) is 2.39. The van der Waals surface area contributed by atoms with Gasteiger partial charge in [-0.1, -0.05) is 6.42 Å². The second-order valence-electron chi connectivity index (χ2n) is 5.75. The van der Waals surface area contributed by atoms with Crippen molar-refractivity contribution in [2.45, 2.75) is 46.1 Å². The van der Waals surface area contributed by atoms with Gasteiger partial charge in [-0.05, 0) is 52.3 Å². The molecule has 21 heavy (non-hydrogen) atoms. The van der Waals surface area contributed by atoms with E-state index in [0.717, 1.165) is 25.9 Å². The summed E-state index contributed by atoms with van der Waals surface area (Å²) in [7, 11) is 1.35. The fourth-order valence-electron chi connectivity index (χ4n) is 3.09. The molecular weight excluding hydrogens is 268 g/mol. The molecule has 0 amide bonds. The first-order chi connectivity index (χ1) is 9.97. The van der Waals surface area contributed by atoms with E-state index in [1.54, 1.807) is 13.8 Å². The van der Waals surface area contributed by atoms with Crippen molar-refractivity contribution in [3.63, 3.8) is 0 Å². The second-order valence-corrected chi connectivity index (χ2v) is 5.75. The Balaban J connectivity index is 2.25. The summed E-state index contributed by atoms with van der Waals surface area (Å²) in [6.45, 7) is 7.47. The smallest absolute Gasteiger partial charge is 0.339 e. The number of aromatic nitrogens is 1. The van der Waals surface area contributed by atoms with Gasteiger partial charge >= 0.3 is 5.97 Å². The monoisotopic (exact) mass is 292 g/mol. The normalized spacial score (nSPS) is 17.5. The lowest BCUT2D eigenvalue weighted by Gasteiger charge is -2.31. The maximum atomic E-state index is 12.7. The van der Waals surface area contributed by atoms with Crippen LogP contribution in [0, 0.1) is 13.8 Å². The van der Waals surface area contributed by atoms with Gasteiger partial charge in [0, 0.05) is 5.69 Å². The van der Waals surface area contributed by atoms with Gasteiger partial charge in [-0.2, -0.15) is 0 Å². The second kappa shape index (κ2) is 6.43. The first-order valence-electron chi connectivity index (χ1n) is 7.53. The lowest BCUT2D eigenvalue weighted by Crippen LogP contribution is -2.42. The topological polar surface area (TPSA) is 62.4 Å². The first kappa shape index (κ1) is 15.8. The van der Waals surface area contributed by atoms with Crippen molar-refractivity contribution in [1.29, 1.82) is 0 Å². The molecule has 1 fully saturated rings. The quantitative estimate of drug-likeness (QED) is 0.684. The van der Waals surface area contributed by atoms with Gasteiger partial charge in [0.05, 0.1) is 24.4 Å². The van der Waals surface area contributed by atoms with Crippen LogP contribution in [0.15, 0.2) is 0 Å². The number of aromatic amines is 1. The number of likely N-dealkylation sites (tertiary alicyclic amines) is 1. The molecule has 1 aliphatic heterocycles. The summed E-state index contributed by atoms with van der Waals surface area (Å²) in [5, 5.41) is 0. The van der Waals surface area contributed by atoms with Gasteiger partial charge in [0.2, 0.25) is 0 Å². The number of methoxy groups -OCH3 is 1. The van der Waals surface area contributed by atoms with E-state index in [-0.39, 0.29) is 11.8 Å². The van der Waals surface area contributed by atoms with Gasteiger partial charge in [0.25, 0.3) is 0 Å². The predicted molar refractivity (Wildman–Crippen MR) is 80.8 cm³/mol. The van der Waals surface area contributed by atoms with E-state index >= 15 is 0 Å². The van der Waals surface area contributed by atoms with Crippen LogP contribution in [0.3, 0.4) is 0 Å². The molecule has 116 valence electrons. The average molecular weight is 292 g/mol. The molecular formula is C16H24N2O3. The number of ether oxygens (including phenoxy) is 1. The number of piperidine rings is 1. The molecule has 0 aliphatic carbocycles. The third kappa shape index (κ3) is 3.02. The summed E-state index contributed by atoms with van der Waals surface area (Å²) < 4.78 is 4.79. The Morgan fingerprint density at radius 2 is 1.81 bits per heavy atom. The van der Waals surface area contributed by atoms with Crippen LogP contribution in [0.2, 0.25) is 0 Å². The number of aryl methyl sites for hydroxylation is 1. The molecule has 1 saturated heterocycles. The van der Waals surface area contributed by atoms with Crippen molar-refractivity contribution in [1.82, 2.24) is 9.88 Å². The number of carbonyl (C=O) groups excluding carboxylic acids is 2. The summed E-state index contributed by atoms with van der Waals surface area (Å²) in [5.74, 6) is -0.349. The fraction of sp³-hybridized carbons (Fsp3) is 0.625. The lowest BCUT2D eigenvalue weighted by molar-refractivity contribution is 0.0599. The molecule has 0 unspecified atom stereocenters. The average Bonchev–Trinajstić information content (AvgIpc) is 2.80. The van der Waals surface area contributed by atoms with Crippen LogP contribution in [0.5, 0.6) is 0 Å². The SMILES string of the molecule is COC(=O)c1c(C)[nH]c(C(=O)[C@@H](C)N2CCCCC2)c1C. The highest BCUT2D eigenvalue weighted by atomic mass is 16.5. The molecule has 1 aromatic heterocycles. The number of H-pyrrole nitrogens is 1. The van der Waals surface area contributed by atoms with Crippen molar-refractivity contribution in [3.05, 3.63) is 22.5 Å². The molecule has 5 heteroatoms. The number of rotatable bonds is 4. The number of hydrogen-bond donors (Lipinski definition) is 1. The van der Waals surface area contributed by atoms with Crippen LogP contribution in [0.25, 0.3) is 0 Å². The Bertz CT molecular complexity index is 542. The molecule has 0 radical (unpaired) electrons. The van der Waals surface area contributed by atoms with E-state index in [1.165, 1.54) is 13.5 Å². The molecule has 5 nitrogen and oxygen atoms in total. The van der Waals surface area contributed by atoms with Gasteiger partial charge < -0.3 is 9.72 Å². The molecule has 1 aliphatic rings. The highest BCUT2D eigenvalue weighted by Crippen LogP contribution is 2.22. The van der Waals surface area contributed by atoms with Crippen molar-refractivity contribution in [2.24, 2.45) is 0 Å². The van der Waals surface area contributed by atoms with Crippen LogP contribution >= 0.6 is 0 Å². The van der Waals surface area contributed by atoms with Gasteiger partial charge in [-0.25, -0.2) is 4.79 Å². The summed E-state index contributed by atoms with van der Waals surface area (Å²) in [6.07, 6.45) is 3.53. The fourth-order valence-corrected chi connectivity index (χ4v) is 3.09. The van der Waals surface area contributed by atoms with Crippen LogP contribution < -0.4 is 0 Å². The minimum Gasteiger partial charge on any atom is -0.465 e. The minimum atomic E-state index is -0.397. The molecule has 1 aromatic rings. The van der Waals surface area contributed by atoms with E-state index < -0.39 is 5.97 Å². The Morgan fingerprint density at radius 3 is 2.38 bits per heavy atom. The summed E-state index contributed by atoms with van der Waals surface area (Å²) in [4.78, 5) is 29.8. The summed E-state index contributed by atoms with van der Waals surface area (Å²) in [6, 6.07) is -0.160. The third-order valence-electron chi connectivity index (χ3n) is 4.39. The lowest BCUT2D eigenvalue weighted by atomic mass is 10.0. The Kier molecular flexibility index (Phi) is 4.83. The zero-order chi connectivity index (χ0) is 15.6. The first-order valence-corrected chi connectivity index (χ1v) is 7.53. The number of Topliss-reactive ketones (excluding diaryl/α,β-unsaturated/α-hetero) is 1. The molecule has 2 rings (SSSR count). The predicted octanol–water partition coefficient (Wildman–Crippen LogP) is 2.48. The standard InChI is InChI=1S/C16H24N2O3/c1-10-13(16(20)21-4)11(2)17-14(10)15(19)12(3)18-8-6-5-7-9-18/h12,17H,5-9H2,1-4H3/t12-/m1/s1. The Hall–Kier alpha value is -1.62. The van der Waals surface area contributed by atoms with E-state index in [4.69, 9.17) is 4.74 Å². The molecule has 0 spiro atoms. The molecule has 2 heterocycles. The molecule has 1 N–H and O–H groups in total. The zero-order valence-electron chi connectivity index (χ0n) is 13.3. The van der Waals surface area contributed by atoms with Gasteiger partial charge in [0.1, 0.15) is 0 Å². The molecule has 0 bridgehead atoms. The molecule has 0 saturated carbocycles. The Morgan fingerprint density at radius 1 is 1.19 bits per heavy atom. The van der Waals surface area contributed by atoms with Gasteiger partial charge in [-0.3, -0.25) is 9.69 Å². The maximum absolute atomic E-state index is 12.7. The van der Waals surface area contributed by atoms with E-state index in [9.17, 15) is 9.59 Å².